The Morgan fingerprint density at radius 2 is 2.62 bits per heavy atom. The highest BCUT2D eigenvalue weighted by molar-refractivity contribution is 5.93. The molecule has 1 aliphatic rings. The Hall–Kier alpha value is -1.56. The second kappa shape index (κ2) is 4.52. The van der Waals surface area contributed by atoms with Crippen LogP contribution in [0.4, 0.5) is 5.69 Å². The first-order valence-corrected chi connectivity index (χ1v) is 5.24. The fourth-order valence-corrected chi connectivity index (χ4v) is 1.72. The number of aromatic nitrogens is 2. The highest BCUT2D eigenvalue weighted by Gasteiger charge is 2.21. The van der Waals surface area contributed by atoms with Gasteiger partial charge in [0, 0.05) is 13.7 Å². The number of ether oxygens (including phenoxy) is 2. The molecular weight excluding hydrogens is 210 g/mol. The molecule has 1 unspecified atom stereocenters. The van der Waals surface area contributed by atoms with Gasteiger partial charge in [-0.3, -0.25) is 4.68 Å². The number of esters is 1. The number of nitrogens with zero attached hydrogens (tertiary/aromatic N) is 2. The van der Waals surface area contributed by atoms with Gasteiger partial charge in [-0.1, -0.05) is 0 Å². The summed E-state index contributed by atoms with van der Waals surface area (Å²) in [7, 11) is 1.65. The Labute approximate surface area is 93.3 Å². The zero-order valence-electron chi connectivity index (χ0n) is 9.18. The van der Waals surface area contributed by atoms with E-state index in [-0.39, 0.29) is 18.4 Å². The molecule has 0 saturated carbocycles. The number of carbonyl (C=O) groups excluding carboxylic acids is 1. The van der Waals surface area contributed by atoms with E-state index < -0.39 is 5.97 Å². The van der Waals surface area contributed by atoms with Crippen molar-refractivity contribution in [3.8, 4) is 0 Å². The lowest BCUT2D eigenvalue weighted by Gasteiger charge is -2.10. The Morgan fingerprint density at radius 3 is 3.19 bits per heavy atom. The maximum Gasteiger partial charge on any atom is 0.358 e. The summed E-state index contributed by atoms with van der Waals surface area (Å²) in [5.41, 5.74) is 6.23. The molecule has 0 bridgehead atoms. The van der Waals surface area contributed by atoms with Gasteiger partial charge in [-0.2, -0.15) is 5.10 Å². The van der Waals surface area contributed by atoms with Crippen molar-refractivity contribution in [1.29, 1.82) is 0 Å². The summed E-state index contributed by atoms with van der Waals surface area (Å²) >= 11 is 0. The van der Waals surface area contributed by atoms with E-state index >= 15 is 0 Å². The molecule has 2 N–H and O–H groups in total. The number of hydrogen-bond acceptors (Lipinski definition) is 5. The summed E-state index contributed by atoms with van der Waals surface area (Å²) in [5, 5.41) is 3.88. The van der Waals surface area contributed by atoms with Gasteiger partial charge in [0.15, 0.2) is 5.69 Å². The molecule has 0 aliphatic carbocycles. The van der Waals surface area contributed by atoms with E-state index in [1.54, 1.807) is 7.05 Å². The van der Waals surface area contributed by atoms with Crippen LogP contribution in [-0.4, -0.2) is 35.1 Å². The monoisotopic (exact) mass is 225 g/mol. The average Bonchev–Trinajstić information content (AvgIpc) is 2.86. The van der Waals surface area contributed by atoms with Crippen LogP contribution in [0.5, 0.6) is 0 Å². The van der Waals surface area contributed by atoms with Crippen molar-refractivity contribution in [1.82, 2.24) is 9.78 Å². The average molecular weight is 225 g/mol. The van der Waals surface area contributed by atoms with E-state index in [9.17, 15) is 4.79 Å². The van der Waals surface area contributed by atoms with Crippen LogP contribution >= 0.6 is 0 Å². The van der Waals surface area contributed by atoms with Gasteiger partial charge in [-0.15, -0.1) is 0 Å². The maximum atomic E-state index is 11.7. The quantitative estimate of drug-likeness (QED) is 0.750. The van der Waals surface area contributed by atoms with Crippen molar-refractivity contribution in [2.45, 2.75) is 18.9 Å². The fourth-order valence-electron chi connectivity index (χ4n) is 1.72. The molecular formula is C10H15N3O3. The van der Waals surface area contributed by atoms with Crippen LogP contribution in [0.1, 0.15) is 23.3 Å². The molecule has 2 heterocycles. The lowest BCUT2D eigenvalue weighted by molar-refractivity contribution is 0.0153. The van der Waals surface area contributed by atoms with Crippen LogP contribution < -0.4 is 5.73 Å². The van der Waals surface area contributed by atoms with Crippen molar-refractivity contribution in [2.24, 2.45) is 7.05 Å². The molecule has 1 aromatic rings. The van der Waals surface area contributed by atoms with E-state index in [4.69, 9.17) is 15.2 Å². The summed E-state index contributed by atoms with van der Waals surface area (Å²) in [5.74, 6) is -0.451. The molecule has 0 radical (unpaired) electrons. The third kappa shape index (κ3) is 2.16. The predicted molar refractivity (Wildman–Crippen MR) is 56.9 cm³/mol. The maximum absolute atomic E-state index is 11.7. The van der Waals surface area contributed by atoms with Crippen LogP contribution in [0.2, 0.25) is 0 Å². The van der Waals surface area contributed by atoms with Crippen LogP contribution in [0.15, 0.2) is 6.20 Å². The van der Waals surface area contributed by atoms with Crippen LogP contribution in [0.25, 0.3) is 0 Å². The molecule has 1 saturated heterocycles. The Bertz CT molecular complexity index is 363. The van der Waals surface area contributed by atoms with E-state index in [2.05, 4.69) is 5.10 Å². The SMILES string of the molecule is Cn1ncc(N)c1C(=O)OCC1CCCO1. The first-order valence-electron chi connectivity index (χ1n) is 5.24. The van der Waals surface area contributed by atoms with Crippen molar-refractivity contribution in [2.75, 3.05) is 18.9 Å². The molecule has 88 valence electrons. The number of nitrogen functional groups attached to an aromatic ring is 1. The smallest absolute Gasteiger partial charge is 0.358 e. The summed E-state index contributed by atoms with van der Waals surface area (Å²) in [4.78, 5) is 11.7. The highest BCUT2D eigenvalue weighted by Crippen LogP contribution is 2.14. The third-order valence-electron chi connectivity index (χ3n) is 2.58. The van der Waals surface area contributed by atoms with Gasteiger partial charge in [-0.05, 0) is 12.8 Å². The van der Waals surface area contributed by atoms with Crippen molar-refractivity contribution < 1.29 is 14.3 Å². The number of hydrogen-bond donors (Lipinski definition) is 1. The largest absolute Gasteiger partial charge is 0.458 e. The Balaban J connectivity index is 1.92. The molecule has 1 aromatic heterocycles. The van der Waals surface area contributed by atoms with Gasteiger partial charge in [0.2, 0.25) is 0 Å². The Morgan fingerprint density at radius 1 is 1.81 bits per heavy atom. The van der Waals surface area contributed by atoms with Gasteiger partial charge in [0.05, 0.1) is 18.0 Å². The van der Waals surface area contributed by atoms with Crippen LogP contribution in [0.3, 0.4) is 0 Å². The first-order chi connectivity index (χ1) is 7.68. The van der Waals surface area contributed by atoms with E-state index in [1.807, 2.05) is 0 Å². The molecule has 0 aromatic carbocycles. The lowest BCUT2D eigenvalue weighted by Crippen LogP contribution is -2.20. The second-order valence-electron chi connectivity index (χ2n) is 3.81. The van der Waals surface area contributed by atoms with Crippen LogP contribution in [0, 0.1) is 0 Å². The number of anilines is 1. The second-order valence-corrected chi connectivity index (χ2v) is 3.81. The van der Waals surface area contributed by atoms with Crippen molar-refractivity contribution in [3.63, 3.8) is 0 Å². The van der Waals surface area contributed by atoms with Gasteiger partial charge in [0.1, 0.15) is 6.61 Å². The number of rotatable bonds is 3. The van der Waals surface area contributed by atoms with Gasteiger partial charge in [-0.25, -0.2) is 4.79 Å². The zero-order chi connectivity index (χ0) is 11.5. The molecule has 1 aliphatic heterocycles. The molecule has 6 nitrogen and oxygen atoms in total. The minimum Gasteiger partial charge on any atom is -0.458 e. The Kier molecular flexibility index (Phi) is 3.09. The van der Waals surface area contributed by atoms with Crippen molar-refractivity contribution >= 4 is 11.7 Å². The van der Waals surface area contributed by atoms with Crippen LogP contribution in [-0.2, 0) is 16.5 Å². The molecule has 1 fully saturated rings. The van der Waals surface area contributed by atoms with Gasteiger partial charge in [0.25, 0.3) is 0 Å². The molecule has 0 spiro atoms. The number of nitrogens with two attached hydrogens (primary N) is 1. The summed E-state index contributed by atoms with van der Waals surface area (Å²) in [6.07, 6.45) is 3.42. The van der Waals surface area contributed by atoms with Gasteiger partial charge < -0.3 is 15.2 Å². The van der Waals surface area contributed by atoms with Crippen molar-refractivity contribution in [3.05, 3.63) is 11.9 Å². The molecule has 1 atom stereocenters. The van der Waals surface area contributed by atoms with E-state index in [0.29, 0.717) is 5.69 Å². The molecule has 16 heavy (non-hydrogen) atoms. The minimum absolute atomic E-state index is 0.0263. The topological polar surface area (TPSA) is 79.4 Å². The molecule has 0 amide bonds. The third-order valence-corrected chi connectivity index (χ3v) is 2.58. The van der Waals surface area contributed by atoms with E-state index in [1.165, 1.54) is 10.9 Å². The minimum atomic E-state index is -0.451. The molecule has 2 rings (SSSR count). The summed E-state index contributed by atoms with van der Waals surface area (Å²) < 4.78 is 11.9. The zero-order valence-corrected chi connectivity index (χ0v) is 9.18. The predicted octanol–water partition coefficient (Wildman–Crippen LogP) is 0.338. The fraction of sp³-hybridized carbons (Fsp3) is 0.600. The first kappa shape index (κ1) is 10.9. The number of carbonyl (C=O) groups is 1. The highest BCUT2D eigenvalue weighted by atomic mass is 16.6. The van der Waals surface area contributed by atoms with Gasteiger partial charge >= 0.3 is 5.97 Å². The summed E-state index contributed by atoms with van der Waals surface area (Å²) in [6.45, 7) is 1.03. The lowest BCUT2D eigenvalue weighted by atomic mass is 10.2. The number of aryl methyl sites for hydroxylation is 1. The van der Waals surface area contributed by atoms with E-state index in [0.717, 1.165) is 19.4 Å². The molecule has 6 heteroatoms. The normalized spacial score (nSPS) is 19.9. The standard InChI is InChI=1S/C10H15N3O3/c1-13-9(8(11)5-12-13)10(14)16-6-7-3-2-4-15-7/h5,7H,2-4,6,11H2,1H3. The summed E-state index contributed by atoms with van der Waals surface area (Å²) in [6, 6.07) is 0.